The smallest absolute Gasteiger partial charge is 0.509 e. The molecular weight excluding hydrogens is 984 g/mol. The first-order valence-corrected chi connectivity index (χ1v) is 22.1. The molecular formula is C42H45Cl5F6N2O10. The number of carbonyl (C=O) groups is 4. The minimum Gasteiger partial charge on any atom is -0.509 e. The molecule has 0 atom stereocenters. The van der Waals surface area contributed by atoms with Crippen LogP contribution in [-0.2, 0) is 33.3 Å². The van der Waals surface area contributed by atoms with Crippen molar-refractivity contribution in [3.05, 3.63) is 79.1 Å². The highest BCUT2D eigenvalue weighted by Crippen LogP contribution is 2.50. The topological polar surface area (TPSA) is 159 Å². The molecule has 2 aromatic carbocycles. The van der Waals surface area contributed by atoms with Crippen LogP contribution in [0.1, 0.15) is 76.3 Å². The van der Waals surface area contributed by atoms with Crippen molar-refractivity contribution >= 4 is 92.5 Å². The maximum Gasteiger partial charge on any atom is 0.513 e. The number of rotatable bonds is 11. The summed E-state index contributed by atoms with van der Waals surface area (Å²) in [7, 11) is 0. The number of benzene rings is 2. The molecule has 2 fully saturated rings. The molecule has 6 rings (SSSR count). The number of hydrogen-bond donors (Lipinski definition) is 3. The third kappa shape index (κ3) is 14.2. The lowest BCUT2D eigenvalue weighted by Crippen LogP contribution is -2.49. The first kappa shape index (κ1) is 54.0. The van der Waals surface area contributed by atoms with Gasteiger partial charge in [-0.05, 0) is 89.5 Å². The largest absolute Gasteiger partial charge is 0.513 e. The van der Waals surface area contributed by atoms with Crippen molar-refractivity contribution in [3.8, 4) is 0 Å². The first-order valence-electron chi connectivity index (χ1n) is 20.2. The summed E-state index contributed by atoms with van der Waals surface area (Å²) < 4.78 is 103. The van der Waals surface area contributed by atoms with Gasteiger partial charge in [0.1, 0.15) is 19.0 Å². The van der Waals surface area contributed by atoms with E-state index in [-0.39, 0.29) is 109 Å². The maximum absolute atomic E-state index is 13.2. The quantitative estimate of drug-likeness (QED) is 0.0856. The Labute approximate surface area is 395 Å². The summed E-state index contributed by atoms with van der Waals surface area (Å²) in [5, 5.41) is 17.0. The molecule has 0 unspecified atom stereocenters. The second-order valence-electron chi connectivity index (χ2n) is 15.1. The van der Waals surface area contributed by atoms with E-state index in [1.165, 1.54) is 36.4 Å². The molecule has 3 N–H and O–H groups in total. The average Bonchev–Trinajstić information content (AvgIpc) is 3.61. The lowest BCUT2D eigenvalue weighted by Gasteiger charge is -2.38. The Kier molecular flexibility index (Phi) is 19.4. The Balaban J connectivity index is 0.000000246. The predicted octanol–water partition coefficient (Wildman–Crippen LogP) is 11.8. The Morgan fingerprint density at radius 2 is 1.09 bits per heavy atom. The van der Waals surface area contributed by atoms with Crippen LogP contribution in [0.2, 0.25) is 20.1 Å². The molecule has 360 valence electrons. The Morgan fingerprint density at radius 1 is 0.677 bits per heavy atom. The summed E-state index contributed by atoms with van der Waals surface area (Å²) in [4.78, 5) is 47.5. The van der Waals surface area contributed by atoms with Gasteiger partial charge >= 0.3 is 23.9 Å². The average molecular weight is 1030 g/mol. The molecule has 0 saturated heterocycles. The summed E-state index contributed by atoms with van der Waals surface area (Å²) in [6.45, 7) is 5.41. The van der Waals surface area contributed by atoms with Crippen molar-refractivity contribution in [3.63, 3.8) is 0 Å². The molecule has 2 aromatic rings. The molecule has 2 spiro atoms. The fourth-order valence-corrected chi connectivity index (χ4v) is 8.83. The zero-order valence-corrected chi connectivity index (χ0v) is 38.6. The van der Waals surface area contributed by atoms with E-state index in [0.29, 0.717) is 35.4 Å². The van der Waals surface area contributed by atoms with Crippen molar-refractivity contribution in [1.29, 1.82) is 0 Å². The molecule has 0 bridgehead atoms. The number of halogens is 11. The minimum atomic E-state index is -4.34. The Hall–Kier alpha value is -3.65. The van der Waals surface area contributed by atoms with E-state index in [0.717, 1.165) is 0 Å². The molecule has 2 aliphatic heterocycles. The molecule has 23 heteroatoms. The van der Waals surface area contributed by atoms with Gasteiger partial charge in [-0.2, -0.15) is 26.3 Å². The van der Waals surface area contributed by atoms with Crippen LogP contribution in [0.4, 0.5) is 35.9 Å². The first-order chi connectivity index (χ1) is 30.5. The number of nitrogens with one attached hydrogen (secondary N) is 2. The fourth-order valence-electron chi connectivity index (χ4n) is 7.75. The number of carbonyl (C=O) groups excluding carboxylic acids is 4. The molecule has 12 nitrogen and oxygen atoms in total. The van der Waals surface area contributed by atoms with Gasteiger partial charge in [0.25, 0.3) is 11.8 Å². The van der Waals surface area contributed by atoms with Gasteiger partial charge in [0, 0.05) is 46.0 Å². The van der Waals surface area contributed by atoms with Gasteiger partial charge < -0.3 is 39.4 Å². The highest BCUT2D eigenvalue weighted by Gasteiger charge is 2.55. The van der Waals surface area contributed by atoms with Crippen LogP contribution < -0.4 is 10.6 Å². The number of aliphatic hydroxyl groups is 1. The lowest BCUT2D eigenvalue weighted by molar-refractivity contribution is -0.185. The van der Waals surface area contributed by atoms with Crippen LogP contribution in [0.15, 0.2) is 47.9 Å². The van der Waals surface area contributed by atoms with Gasteiger partial charge in [-0.25, -0.2) is 9.59 Å². The van der Waals surface area contributed by atoms with E-state index in [1.54, 1.807) is 6.92 Å². The second-order valence-corrected chi connectivity index (χ2v) is 17.1. The minimum absolute atomic E-state index is 0.00197. The van der Waals surface area contributed by atoms with E-state index in [4.69, 9.17) is 77.0 Å². The summed E-state index contributed by atoms with van der Waals surface area (Å²) >= 11 is 29.0. The van der Waals surface area contributed by atoms with Crippen LogP contribution in [0.25, 0.3) is 11.1 Å². The molecule has 65 heavy (non-hydrogen) atoms. The van der Waals surface area contributed by atoms with Crippen LogP contribution in [0.5, 0.6) is 0 Å². The van der Waals surface area contributed by atoms with Crippen molar-refractivity contribution in [2.45, 2.75) is 88.6 Å². The van der Waals surface area contributed by atoms with Gasteiger partial charge in [-0.15, -0.1) is 0 Å². The van der Waals surface area contributed by atoms with E-state index < -0.39 is 58.7 Å². The van der Waals surface area contributed by atoms with E-state index in [1.807, 2.05) is 6.92 Å². The van der Waals surface area contributed by atoms with Crippen LogP contribution in [-0.4, -0.2) is 91.6 Å². The molecule has 0 radical (unpaired) electrons. The molecule has 2 saturated carbocycles. The molecule has 0 aromatic heterocycles. The fraction of sp³-hybridized carbons (Fsp3) is 0.524. The third-order valence-electron chi connectivity index (χ3n) is 11.0. The van der Waals surface area contributed by atoms with Crippen LogP contribution >= 0.6 is 58.0 Å². The lowest BCUT2D eigenvalue weighted by atomic mass is 9.75. The highest BCUT2D eigenvalue weighted by molar-refractivity contribution is 6.61. The molecule has 2 aliphatic carbocycles. The maximum atomic E-state index is 13.2. The monoisotopic (exact) mass is 1030 g/mol. The number of alkyl halides is 6. The number of ether oxygens (including phenoxy) is 5. The summed E-state index contributed by atoms with van der Waals surface area (Å²) in [6, 6.07) is 8.90. The SMILES string of the molecule is CCOCCOC(=O)Cl.CCOCCOC(=O)OC1=C(c2ccc(Cl)cc2Cl)C(=O)NC12CCC(C(F)(F)F)CC2.O=C1NC2(CCC(C(F)(F)F)CC2)C(O)=C1c1ccc(Cl)cc1Cl. The van der Waals surface area contributed by atoms with E-state index >= 15 is 0 Å². The molecule has 2 heterocycles. The standard InChI is InChI=1S/C21H22Cl2F3NO5.C16H14Cl2F3NO2.C5H9ClO3/c1-2-30-9-10-31-19(29)32-17-16(14-4-3-13(22)11-15(14)23)18(28)27-20(17)7-5-12(6-8-20)21(24,25)26;17-9-1-2-10(11(18)7-9)12-13(23)15(22-14(12)24)5-3-8(4-6-15)16(19,20)21;1-2-8-3-4-9-5(6)7/h3-4,11-12H,2,5-10H2,1H3,(H,27,28);1-2,7-8,23H,3-6H2,(H,22,24);2-4H2,1H3. The zero-order valence-electron chi connectivity index (χ0n) is 34.8. The predicted molar refractivity (Wildman–Crippen MR) is 230 cm³/mol. The molecule has 2 amide bonds. The van der Waals surface area contributed by atoms with Crippen molar-refractivity contribution in [2.75, 3.05) is 39.6 Å². The Bertz CT molecular complexity index is 2100. The van der Waals surface area contributed by atoms with Crippen molar-refractivity contribution in [2.24, 2.45) is 11.8 Å². The molecule has 4 aliphatic rings. The van der Waals surface area contributed by atoms with Crippen LogP contribution in [0.3, 0.4) is 0 Å². The van der Waals surface area contributed by atoms with Gasteiger partial charge in [0.05, 0.1) is 57.3 Å². The zero-order chi connectivity index (χ0) is 48.3. The van der Waals surface area contributed by atoms with E-state index in [9.17, 15) is 50.6 Å². The van der Waals surface area contributed by atoms with E-state index in [2.05, 4.69) is 15.4 Å². The van der Waals surface area contributed by atoms with Crippen molar-refractivity contribution < 1.29 is 74.3 Å². The van der Waals surface area contributed by atoms with Crippen LogP contribution in [0, 0.1) is 11.8 Å². The third-order valence-corrected chi connectivity index (χ3v) is 12.2. The van der Waals surface area contributed by atoms with Gasteiger partial charge in [-0.3, -0.25) is 9.59 Å². The normalized spacial score (nSPS) is 23.0. The number of amides is 2. The summed E-state index contributed by atoms with van der Waals surface area (Å²) in [6.07, 6.45) is -10.5. The highest BCUT2D eigenvalue weighted by atomic mass is 35.5. The summed E-state index contributed by atoms with van der Waals surface area (Å²) in [5.74, 6) is -4.37. The van der Waals surface area contributed by atoms with Gasteiger partial charge in [0.2, 0.25) is 0 Å². The number of aliphatic hydroxyl groups excluding tert-OH is 1. The van der Waals surface area contributed by atoms with Crippen molar-refractivity contribution in [1.82, 2.24) is 10.6 Å². The van der Waals surface area contributed by atoms with Gasteiger partial charge in [-0.1, -0.05) is 58.5 Å². The summed E-state index contributed by atoms with van der Waals surface area (Å²) in [5.41, 5.74) is -2.66. The van der Waals surface area contributed by atoms with Gasteiger partial charge in [0.15, 0.2) is 5.76 Å². The Morgan fingerprint density at radius 3 is 1.52 bits per heavy atom. The number of hydrogen-bond acceptors (Lipinski definition) is 10. The second kappa shape index (κ2) is 23.4.